The van der Waals surface area contributed by atoms with Crippen molar-refractivity contribution in [3.8, 4) is 0 Å². The van der Waals surface area contributed by atoms with Gasteiger partial charge in [0, 0.05) is 27.3 Å². The quantitative estimate of drug-likeness (QED) is 0.751. The number of thioether (sulfide) groups is 2. The SMILES string of the molecule is CCC(CC)(CNC1CCSc2ccc(Cl)cc21)SC. The fourth-order valence-corrected chi connectivity index (χ4v) is 4.84. The Morgan fingerprint density at radius 2 is 2.15 bits per heavy atom. The molecule has 0 aromatic heterocycles. The maximum atomic E-state index is 6.17. The molecule has 1 aliphatic heterocycles. The molecular formula is C16H24ClNS2. The molecule has 1 aromatic rings. The molecule has 0 fully saturated rings. The van der Waals surface area contributed by atoms with Crippen LogP contribution in [0.25, 0.3) is 0 Å². The van der Waals surface area contributed by atoms with Crippen LogP contribution in [0.4, 0.5) is 0 Å². The van der Waals surface area contributed by atoms with Crippen LogP contribution in [-0.4, -0.2) is 23.3 Å². The van der Waals surface area contributed by atoms with Gasteiger partial charge in [0.15, 0.2) is 0 Å². The normalized spacial score (nSPS) is 18.9. The number of nitrogens with one attached hydrogen (secondary N) is 1. The van der Waals surface area contributed by atoms with E-state index in [-0.39, 0.29) is 0 Å². The van der Waals surface area contributed by atoms with Crippen LogP contribution in [0.1, 0.15) is 44.7 Å². The van der Waals surface area contributed by atoms with E-state index in [0.717, 1.165) is 11.6 Å². The summed E-state index contributed by atoms with van der Waals surface area (Å²) in [5.74, 6) is 1.19. The minimum atomic E-state index is 0.364. The molecule has 1 aromatic carbocycles. The number of hydrogen-bond acceptors (Lipinski definition) is 3. The maximum absolute atomic E-state index is 6.17. The average molecular weight is 330 g/mol. The fraction of sp³-hybridized carbons (Fsp3) is 0.625. The highest BCUT2D eigenvalue weighted by atomic mass is 35.5. The van der Waals surface area contributed by atoms with Crippen molar-refractivity contribution in [2.45, 2.75) is 48.8 Å². The van der Waals surface area contributed by atoms with Gasteiger partial charge in [-0.2, -0.15) is 11.8 Å². The van der Waals surface area contributed by atoms with Crippen molar-refractivity contribution < 1.29 is 0 Å². The van der Waals surface area contributed by atoms with E-state index in [9.17, 15) is 0 Å². The van der Waals surface area contributed by atoms with Gasteiger partial charge in [-0.1, -0.05) is 25.4 Å². The smallest absolute Gasteiger partial charge is 0.0410 e. The molecule has 2 rings (SSSR count). The van der Waals surface area contributed by atoms with Crippen LogP contribution in [0.2, 0.25) is 5.02 Å². The van der Waals surface area contributed by atoms with E-state index in [0.29, 0.717) is 10.8 Å². The van der Waals surface area contributed by atoms with E-state index >= 15 is 0 Å². The van der Waals surface area contributed by atoms with E-state index < -0.39 is 0 Å². The van der Waals surface area contributed by atoms with E-state index in [1.54, 1.807) is 0 Å². The second-order valence-electron chi connectivity index (χ2n) is 5.35. The zero-order valence-corrected chi connectivity index (χ0v) is 14.9. The number of rotatable bonds is 6. The molecule has 0 radical (unpaired) electrons. The molecular weight excluding hydrogens is 306 g/mol. The summed E-state index contributed by atoms with van der Waals surface area (Å²) in [5.41, 5.74) is 1.39. The Labute approximate surface area is 136 Å². The first-order valence-electron chi connectivity index (χ1n) is 7.35. The lowest BCUT2D eigenvalue weighted by atomic mass is 9.99. The van der Waals surface area contributed by atoms with Crippen molar-refractivity contribution >= 4 is 35.1 Å². The maximum Gasteiger partial charge on any atom is 0.0410 e. The largest absolute Gasteiger partial charge is 0.308 e. The molecule has 0 bridgehead atoms. The molecule has 1 unspecified atom stereocenters. The molecule has 1 heterocycles. The lowest BCUT2D eigenvalue weighted by Gasteiger charge is -2.34. The van der Waals surface area contributed by atoms with Crippen LogP contribution in [0.15, 0.2) is 23.1 Å². The second-order valence-corrected chi connectivity index (χ2v) is 8.19. The number of fused-ring (bicyclic) bond motifs is 1. The zero-order valence-electron chi connectivity index (χ0n) is 12.5. The standard InChI is InChI=1S/C16H24ClNS2/c1-4-16(5-2,19-3)11-18-14-8-9-20-15-7-6-12(17)10-13(14)15/h6-7,10,14,18H,4-5,8-9,11H2,1-3H3. The van der Waals surface area contributed by atoms with Crippen LogP contribution in [0, 0.1) is 0 Å². The molecule has 1 aliphatic rings. The summed E-state index contributed by atoms with van der Waals surface area (Å²) in [4.78, 5) is 1.39. The molecule has 0 amide bonds. The van der Waals surface area contributed by atoms with Gasteiger partial charge in [0.25, 0.3) is 0 Å². The van der Waals surface area contributed by atoms with Gasteiger partial charge in [-0.05, 0) is 55.0 Å². The first-order valence-corrected chi connectivity index (χ1v) is 9.93. The molecule has 0 saturated heterocycles. The van der Waals surface area contributed by atoms with Gasteiger partial charge in [-0.3, -0.25) is 0 Å². The topological polar surface area (TPSA) is 12.0 Å². The Balaban J connectivity index is 2.10. The summed E-state index contributed by atoms with van der Waals surface area (Å²) in [5, 5.41) is 4.65. The van der Waals surface area contributed by atoms with Crippen LogP contribution in [0.5, 0.6) is 0 Å². The van der Waals surface area contributed by atoms with Gasteiger partial charge in [0.2, 0.25) is 0 Å². The third-order valence-electron chi connectivity index (χ3n) is 4.40. The summed E-state index contributed by atoms with van der Waals surface area (Å²) in [6.45, 7) is 5.66. The van der Waals surface area contributed by atoms with Crippen molar-refractivity contribution in [2.24, 2.45) is 0 Å². The van der Waals surface area contributed by atoms with Gasteiger partial charge >= 0.3 is 0 Å². The number of benzene rings is 1. The van der Waals surface area contributed by atoms with Gasteiger partial charge in [-0.15, -0.1) is 11.8 Å². The molecule has 112 valence electrons. The Hall–Kier alpha value is 0.170. The van der Waals surface area contributed by atoms with E-state index in [1.807, 2.05) is 29.6 Å². The van der Waals surface area contributed by atoms with Crippen molar-refractivity contribution in [3.63, 3.8) is 0 Å². The Morgan fingerprint density at radius 1 is 1.40 bits per heavy atom. The van der Waals surface area contributed by atoms with Crippen molar-refractivity contribution in [1.82, 2.24) is 5.32 Å². The van der Waals surface area contributed by atoms with Gasteiger partial charge in [0.05, 0.1) is 0 Å². The fourth-order valence-electron chi connectivity index (χ4n) is 2.75. The molecule has 1 nitrogen and oxygen atoms in total. The molecule has 0 aliphatic carbocycles. The second kappa shape index (κ2) is 7.44. The molecule has 0 spiro atoms. The van der Waals surface area contributed by atoms with Gasteiger partial charge in [-0.25, -0.2) is 0 Å². The van der Waals surface area contributed by atoms with Crippen molar-refractivity contribution in [3.05, 3.63) is 28.8 Å². The monoisotopic (exact) mass is 329 g/mol. The summed E-state index contributed by atoms with van der Waals surface area (Å²) in [6.07, 6.45) is 5.84. The molecule has 4 heteroatoms. The third-order valence-corrected chi connectivity index (χ3v) is 7.35. The van der Waals surface area contributed by atoms with E-state index in [1.165, 1.54) is 35.5 Å². The van der Waals surface area contributed by atoms with Gasteiger partial charge < -0.3 is 5.32 Å². The number of halogens is 1. The lowest BCUT2D eigenvalue weighted by molar-refractivity contribution is 0.434. The van der Waals surface area contributed by atoms with Crippen LogP contribution < -0.4 is 5.32 Å². The Morgan fingerprint density at radius 3 is 2.80 bits per heavy atom. The molecule has 1 N–H and O–H groups in total. The summed E-state index contributed by atoms with van der Waals surface area (Å²) in [7, 11) is 0. The average Bonchev–Trinajstić information content (AvgIpc) is 2.49. The first-order chi connectivity index (χ1) is 9.64. The van der Waals surface area contributed by atoms with Crippen LogP contribution in [0.3, 0.4) is 0 Å². The highest BCUT2D eigenvalue weighted by Crippen LogP contribution is 2.38. The summed E-state index contributed by atoms with van der Waals surface area (Å²) < 4.78 is 0.364. The number of hydrogen-bond donors (Lipinski definition) is 1. The Kier molecular flexibility index (Phi) is 6.15. The van der Waals surface area contributed by atoms with Gasteiger partial charge in [0.1, 0.15) is 0 Å². The van der Waals surface area contributed by atoms with E-state index in [2.05, 4.69) is 37.6 Å². The van der Waals surface area contributed by atoms with Crippen molar-refractivity contribution in [1.29, 1.82) is 0 Å². The Bertz CT molecular complexity index is 438. The molecule has 1 atom stereocenters. The van der Waals surface area contributed by atoms with Crippen molar-refractivity contribution in [2.75, 3.05) is 18.6 Å². The third kappa shape index (κ3) is 3.68. The first kappa shape index (κ1) is 16.5. The lowest BCUT2D eigenvalue weighted by Crippen LogP contribution is -2.39. The van der Waals surface area contributed by atoms with Crippen LogP contribution in [-0.2, 0) is 0 Å². The van der Waals surface area contributed by atoms with Crippen LogP contribution >= 0.6 is 35.1 Å². The minimum Gasteiger partial charge on any atom is -0.308 e. The molecule has 0 saturated carbocycles. The summed E-state index contributed by atoms with van der Waals surface area (Å²) in [6, 6.07) is 6.76. The highest BCUT2D eigenvalue weighted by Gasteiger charge is 2.28. The highest BCUT2D eigenvalue weighted by molar-refractivity contribution is 8.00. The minimum absolute atomic E-state index is 0.364. The molecule has 20 heavy (non-hydrogen) atoms. The zero-order chi connectivity index (χ0) is 14.6. The predicted octanol–water partition coefficient (Wildman–Crippen LogP) is 5.39. The summed E-state index contributed by atoms with van der Waals surface area (Å²) >= 11 is 10.1. The predicted molar refractivity (Wildman–Crippen MR) is 94.4 cm³/mol. The van der Waals surface area contributed by atoms with E-state index in [4.69, 9.17) is 11.6 Å².